The van der Waals surface area contributed by atoms with Gasteiger partial charge in [0.1, 0.15) is 4.88 Å². The molecule has 0 bridgehead atoms. The summed E-state index contributed by atoms with van der Waals surface area (Å²) in [5, 5.41) is 12.3. The lowest BCUT2D eigenvalue weighted by molar-refractivity contribution is 0.0700. The fourth-order valence-electron chi connectivity index (χ4n) is 2.34. The normalized spacial score (nSPS) is 14.3. The predicted molar refractivity (Wildman–Crippen MR) is 86.6 cm³/mol. The van der Waals surface area contributed by atoms with Gasteiger partial charge in [0.25, 0.3) is 0 Å². The van der Waals surface area contributed by atoms with E-state index in [1.54, 1.807) is 11.3 Å². The summed E-state index contributed by atoms with van der Waals surface area (Å²) in [7, 11) is 0. The number of rotatable bonds is 7. The van der Waals surface area contributed by atoms with Gasteiger partial charge in [-0.15, -0.1) is 11.3 Å². The Morgan fingerprint density at radius 1 is 1.52 bits per heavy atom. The number of aromatic nitrogens is 1. The lowest BCUT2D eigenvalue weighted by Crippen LogP contribution is -2.24. The molecular formula is C15H18N2O2S2. The summed E-state index contributed by atoms with van der Waals surface area (Å²) >= 11 is 3.06. The molecule has 1 aliphatic carbocycles. The Balaban J connectivity index is 1.88. The lowest BCUT2D eigenvalue weighted by Gasteiger charge is -2.20. The largest absolute Gasteiger partial charge is 0.477 e. The van der Waals surface area contributed by atoms with Gasteiger partial charge in [0.2, 0.25) is 0 Å². The second kappa shape index (κ2) is 6.15. The van der Waals surface area contributed by atoms with Crippen molar-refractivity contribution < 1.29 is 9.90 Å². The summed E-state index contributed by atoms with van der Waals surface area (Å²) < 4.78 is 0. The van der Waals surface area contributed by atoms with Crippen molar-refractivity contribution >= 4 is 33.8 Å². The Labute approximate surface area is 132 Å². The Hall–Kier alpha value is -1.40. The summed E-state index contributed by atoms with van der Waals surface area (Å²) in [5.41, 5.74) is 0.738. The van der Waals surface area contributed by atoms with Crippen molar-refractivity contribution in [1.82, 2.24) is 4.98 Å². The lowest BCUT2D eigenvalue weighted by atomic mass is 10.2. The molecule has 6 heteroatoms. The van der Waals surface area contributed by atoms with Crippen LogP contribution in [0.1, 0.15) is 46.4 Å². The Bertz CT molecular complexity index is 618. The van der Waals surface area contributed by atoms with Crippen molar-refractivity contribution in [3.63, 3.8) is 0 Å². The predicted octanol–water partition coefficient (Wildman–Crippen LogP) is 4.02. The van der Waals surface area contributed by atoms with Gasteiger partial charge in [-0.05, 0) is 30.7 Å². The van der Waals surface area contributed by atoms with Gasteiger partial charge in [-0.25, -0.2) is 9.78 Å². The van der Waals surface area contributed by atoms with Crippen molar-refractivity contribution in [2.45, 2.75) is 45.2 Å². The first-order valence-corrected chi connectivity index (χ1v) is 8.90. The molecule has 4 nitrogen and oxygen atoms in total. The molecule has 1 aliphatic rings. The van der Waals surface area contributed by atoms with Gasteiger partial charge in [-0.3, -0.25) is 0 Å². The van der Waals surface area contributed by atoms with E-state index in [-0.39, 0.29) is 0 Å². The maximum absolute atomic E-state index is 11.4. The van der Waals surface area contributed by atoms with E-state index in [1.165, 1.54) is 29.1 Å². The number of thiophene rings is 1. The molecule has 0 spiro atoms. The van der Waals surface area contributed by atoms with Gasteiger partial charge in [0.05, 0.1) is 12.2 Å². The minimum absolute atomic E-state index is 0.406. The molecule has 1 N–H and O–H groups in total. The van der Waals surface area contributed by atoms with Crippen LogP contribution in [0.2, 0.25) is 0 Å². The van der Waals surface area contributed by atoms with Crippen LogP contribution in [0, 0.1) is 0 Å². The zero-order chi connectivity index (χ0) is 14.8. The molecule has 0 atom stereocenters. The molecule has 0 amide bonds. The van der Waals surface area contributed by atoms with Crippen molar-refractivity contribution in [3.05, 3.63) is 33.0 Å². The van der Waals surface area contributed by atoms with Gasteiger partial charge in [-0.2, -0.15) is 0 Å². The van der Waals surface area contributed by atoms with Crippen LogP contribution < -0.4 is 4.90 Å². The van der Waals surface area contributed by atoms with Gasteiger partial charge < -0.3 is 10.0 Å². The Kier molecular flexibility index (Phi) is 4.26. The maximum Gasteiger partial charge on any atom is 0.347 e. The molecule has 2 aromatic rings. The molecule has 1 fully saturated rings. The van der Waals surface area contributed by atoms with Crippen LogP contribution in [0.4, 0.5) is 5.13 Å². The molecule has 1 saturated carbocycles. The monoisotopic (exact) mass is 322 g/mol. The molecule has 3 rings (SSSR count). The van der Waals surface area contributed by atoms with Crippen LogP contribution in [-0.4, -0.2) is 22.1 Å². The third-order valence-electron chi connectivity index (χ3n) is 3.51. The van der Waals surface area contributed by atoms with E-state index in [2.05, 4.69) is 34.3 Å². The highest BCUT2D eigenvalue weighted by Gasteiger charge is 2.32. The fourth-order valence-corrected chi connectivity index (χ4v) is 4.07. The van der Waals surface area contributed by atoms with Gasteiger partial charge in [0.15, 0.2) is 5.13 Å². The summed E-state index contributed by atoms with van der Waals surface area (Å²) in [6.07, 6.45) is 4.00. The smallest absolute Gasteiger partial charge is 0.347 e. The number of anilines is 1. The van der Waals surface area contributed by atoms with Crippen molar-refractivity contribution in [1.29, 1.82) is 0 Å². The molecule has 0 radical (unpaired) electrons. The second-order valence-corrected chi connectivity index (χ2v) is 7.28. The number of aromatic carboxylic acids is 1. The average molecular weight is 322 g/mol. The van der Waals surface area contributed by atoms with Gasteiger partial charge in [-0.1, -0.05) is 30.7 Å². The summed E-state index contributed by atoms with van der Waals surface area (Å²) in [6, 6.07) is 4.70. The maximum atomic E-state index is 11.4. The highest BCUT2D eigenvalue weighted by atomic mass is 32.1. The molecule has 0 aliphatic heterocycles. The third-order valence-corrected chi connectivity index (χ3v) is 5.49. The standard InChI is InChI=1S/C15H18N2O2S2/c1-2-4-12-13(14(18)19)21-15(16-12)17(10-6-7-10)9-11-5-3-8-20-11/h3,5,8,10H,2,4,6-7,9H2,1H3,(H,18,19). The molecule has 2 heterocycles. The summed E-state index contributed by atoms with van der Waals surface area (Å²) in [5.74, 6) is -0.853. The van der Waals surface area contributed by atoms with Crippen LogP contribution in [0.5, 0.6) is 0 Å². The minimum Gasteiger partial charge on any atom is -0.477 e. The van der Waals surface area contributed by atoms with Crippen LogP contribution in [0.15, 0.2) is 17.5 Å². The number of thiazole rings is 1. The van der Waals surface area contributed by atoms with E-state index in [0.29, 0.717) is 10.9 Å². The molecular weight excluding hydrogens is 304 g/mol. The summed E-state index contributed by atoms with van der Waals surface area (Å²) in [4.78, 5) is 20.0. The SMILES string of the molecule is CCCc1nc(N(Cc2cccs2)C2CC2)sc1C(=O)O. The fraction of sp³-hybridized carbons (Fsp3) is 0.467. The van der Waals surface area contributed by atoms with Gasteiger partial charge >= 0.3 is 5.97 Å². The molecule has 112 valence electrons. The quantitative estimate of drug-likeness (QED) is 0.836. The first kappa shape index (κ1) is 14.5. The van der Waals surface area contributed by atoms with E-state index < -0.39 is 5.97 Å². The molecule has 0 unspecified atom stereocenters. The van der Waals surface area contributed by atoms with Crippen molar-refractivity contribution in [2.24, 2.45) is 0 Å². The Morgan fingerprint density at radius 2 is 2.33 bits per heavy atom. The Morgan fingerprint density at radius 3 is 2.90 bits per heavy atom. The molecule has 0 aromatic carbocycles. The van der Waals surface area contributed by atoms with Crippen LogP contribution in [-0.2, 0) is 13.0 Å². The molecule has 0 saturated heterocycles. The minimum atomic E-state index is -0.853. The van der Waals surface area contributed by atoms with Gasteiger partial charge in [0, 0.05) is 10.9 Å². The number of hydrogen-bond donors (Lipinski definition) is 1. The first-order chi connectivity index (χ1) is 10.2. The zero-order valence-corrected chi connectivity index (χ0v) is 13.5. The number of hydrogen-bond acceptors (Lipinski definition) is 5. The van der Waals surface area contributed by atoms with E-state index in [0.717, 1.165) is 30.2 Å². The number of carboxylic acid groups (broad SMARTS) is 1. The number of nitrogens with zero attached hydrogens (tertiary/aromatic N) is 2. The van der Waals surface area contributed by atoms with E-state index in [1.807, 2.05) is 0 Å². The van der Waals surface area contributed by atoms with Crippen LogP contribution in [0.3, 0.4) is 0 Å². The molecule has 2 aromatic heterocycles. The number of carboxylic acids is 1. The summed E-state index contributed by atoms with van der Waals surface area (Å²) in [6.45, 7) is 2.88. The van der Waals surface area contributed by atoms with E-state index >= 15 is 0 Å². The second-order valence-electron chi connectivity index (χ2n) is 5.27. The van der Waals surface area contributed by atoms with E-state index in [9.17, 15) is 9.90 Å². The highest BCUT2D eigenvalue weighted by Crippen LogP contribution is 2.37. The topological polar surface area (TPSA) is 53.4 Å². The highest BCUT2D eigenvalue weighted by molar-refractivity contribution is 7.17. The molecule has 21 heavy (non-hydrogen) atoms. The number of carbonyl (C=O) groups is 1. The van der Waals surface area contributed by atoms with Crippen molar-refractivity contribution in [2.75, 3.05) is 4.90 Å². The zero-order valence-electron chi connectivity index (χ0n) is 11.9. The van der Waals surface area contributed by atoms with Crippen LogP contribution >= 0.6 is 22.7 Å². The van der Waals surface area contributed by atoms with E-state index in [4.69, 9.17) is 0 Å². The average Bonchev–Trinajstić information content (AvgIpc) is 2.99. The third kappa shape index (κ3) is 3.27. The number of aryl methyl sites for hydroxylation is 1. The van der Waals surface area contributed by atoms with Crippen LogP contribution in [0.25, 0.3) is 0 Å². The van der Waals surface area contributed by atoms with Crippen molar-refractivity contribution in [3.8, 4) is 0 Å². The first-order valence-electron chi connectivity index (χ1n) is 7.21.